The standard InChI is InChI=1S/C14H23NO/c1-11(10-15-4)8-9-16-14-12(2)6-5-7-13(14)3/h5-7,11,15H,8-10H2,1-4H3. The van der Waals surface area contributed by atoms with Crippen LogP contribution in [0.4, 0.5) is 0 Å². The highest BCUT2D eigenvalue weighted by Crippen LogP contribution is 2.22. The summed E-state index contributed by atoms with van der Waals surface area (Å²) in [6, 6.07) is 6.26. The van der Waals surface area contributed by atoms with Crippen molar-refractivity contribution in [3.05, 3.63) is 29.3 Å². The number of para-hydroxylation sites is 1. The molecule has 2 heteroatoms. The first-order valence-corrected chi connectivity index (χ1v) is 5.98. The van der Waals surface area contributed by atoms with Gasteiger partial charge >= 0.3 is 0 Å². The molecule has 0 bridgehead atoms. The fourth-order valence-corrected chi connectivity index (χ4v) is 1.84. The van der Waals surface area contributed by atoms with Crippen molar-refractivity contribution < 1.29 is 4.74 Å². The van der Waals surface area contributed by atoms with E-state index in [2.05, 4.69) is 44.3 Å². The molecule has 90 valence electrons. The molecule has 1 unspecified atom stereocenters. The quantitative estimate of drug-likeness (QED) is 0.797. The van der Waals surface area contributed by atoms with E-state index in [0.29, 0.717) is 5.92 Å². The van der Waals surface area contributed by atoms with Crippen molar-refractivity contribution in [3.8, 4) is 5.75 Å². The van der Waals surface area contributed by atoms with Gasteiger partial charge in [-0.1, -0.05) is 25.1 Å². The highest BCUT2D eigenvalue weighted by Gasteiger charge is 2.05. The summed E-state index contributed by atoms with van der Waals surface area (Å²) in [5.41, 5.74) is 2.45. The van der Waals surface area contributed by atoms with Crippen molar-refractivity contribution >= 4 is 0 Å². The second-order valence-electron chi connectivity index (χ2n) is 4.52. The lowest BCUT2D eigenvalue weighted by Gasteiger charge is -2.14. The number of hydrogen-bond donors (Lipinski definition) is 1. The summed E-state index contributed by atoms with van der Waals surface area (Å²) in [5.74, 6) is 1.72. The number of nitrogens with one attached hydrogen (secondary N) is 1. The maximum absolute atomic E-state index is 5.86. The molecule has 1 atom stereocenters. The van der Waals surface area contributed by atoms with Crippen LogP contribution in [0.3, 0.4) is 0 Å². The molecule has 1 aromatic carbocycles. The van der Waals surface area contributed by atoms with Gasteiger partial charge < -0.3 is 10.1 Å². The Balaban J connectivity index is 2.43. The molecule has 0 spiro atoms. The average Bonchev–Trinajstić information content (AvgIpc) is 2.23. The van der Waals surface area contributed by atoms with Crippen molar-refractivity contribution in [2.45, 2.75) is 27.2 Å². The maximum atomic E-state index is 5.86. The number of ether oxygens (including phenoxy) is 1. The normalized spacial score (nSPS) is 12.5. The zero-order valence-electron chi connectivity index (χ0n) is 10.8. The minimum atomic E-state index is 0.661. The highest BCUT2D eigenvalue weighted by molar-refractivity contribution is 5.39. The molecule has 0 saturated carbocycles. The van der Waals surface area contributed by atoms with Crippen molar-refractivity contribution in [2.75, 3.05) is 20.2 Å². The lowest BCUT2D eigenvalue weighted by Crippen LogP contribution is -2.18. The van der Waals surface area contributed by atoms with Crippen LogP contribution in [-0.2, 0) is 0 Å². The van der Waals surface area contributed by atoms with E-state index in [4.69, 9.17) is 4.74 Å². The van der Waals surface area contributed by atoms with Crippen LogP contribution in [0.15, 0.2) is 18.2 Å². The van der Waals surface area contributed by atoms with Gasteiger partial charge in [0.25, 0.3) is 0 Å². The smallest absolute Gasteiger partial charge is 0.125 e. The van der Waals surface area contributed by atoms with Crippen LogP contribution in [0.25, 0.3) is 0 Å². The molecular weight excluding hydrogens is 198 g/mol. The van der Waals surface area contributed by atoms with Crippen molar-refractivity contribution in [2.24, 2.45) is 5.92 Å². The molecule has 0 aromatic heterocycles. The predicted octanol–water partition coefficient (Wildman–Crippen LogP) is 2.93. The average molecular weight is 221 g/mol. The van der Waals surface area contributed by atoms with Gasteiger partial charge in [-0.25, -0.2) is 0 Å². The van der Waals surface area contributed by atoms with Gasteiger partial charge in [-0.2, -0.15) is 0 Å². The molecule has 0 aliphatic heterocycles. The van der Waals surface area contributed by atoms with Crippen LogP contribution < -0.4 is 10.1 Å². The van der Waals surface area contributed by atoms with Gasteiger partial charge in [0.1, 0.15) is 5.75 Å². The Hall–Kier alpha value is -1.02. The van der Waals surface area contributed by atoms with E-state index in [1.165, 1.54) is 11.1 Å². The first-order valence-electron chi connectivity index (χ1n) is 5.98. The minimum Gasteiger partial charge on any atom is -0.493 e. The van der Waals surface area contributed by atoms with Crippen LogP contribution in [0.5, 0.6) is 5.75 Å². The number of benzene rings is 1. The Morgan fingerprint density at radius 2 is 1.88 bits per heavy atom. The summed E-state index contributed by atoms with van der Waals surface area (Å²) < 4.78 is 5.86. The molecule has 1 rings (SSSR count). The second-order valence-corrected chi connectivity index (χ2v) is 4.52. The van der Waals surface area contributed by atoms with Gasteiger partial charge in [0.05, 0.1) is 6.61 Å². The molecule has 1 N–H and O–H groups in total. The zero-order chi connectivity index (χ0) is 12.0. The summed E-state index contributed by atoms with van der Waals surface area (Å²) in [7, 11) is 1.99. The first kappa shape index (κ1) is 13.0. The zero-order valence-corrected chi connectivity index (χ0v) is 10.8. The van der Waals surface area contributed by atoms with E-state index < -0.39 is 0 Å². The molecule has 0 fully saturated rings. The molecule has 1 aromatic rings. The lowest BCUT2D eigenvalue weighted by atomic mass is 10.1. The SMILES string of the molecule is CNCC(C)CCOc1c(C)cccc1C. The molecular formula is C14H23NO. The van der Waals surface area contributed by atoms with Gasteiger partial charge in [0.15, 0.2) is 0 Å². The van der Waals surface area contributed by atoms with Gasteiger partial charge in [0, 0.05) is 0 Å². The molecule has 0 saturated heterocycles. The van der Waals surface area contributed by atoms with E-state index in [1.54, 1.807) is 0 Å². The van der Waals surface area contributed by atoms with E-state index in [-0.39, 0.29) is 0 Å². The maximum Gasteiger partial charge on any atom is 0.125 e. The summed E-state index contributed by atoms with van der Waals surface area (Å²) in [4.78, 5) is 0. The van der Waals surface area contributed by atoms with Crippen LogP contribution in [-0.4, -0.2) is 20.2 Å². The Morgan fingerprint density at radius 1 is 1.25 bits per heavy atom. The summed E-state index contributed by atoms with van der Waals surface area (Å²) >= 11 is 0. The third-order valence-electron chi connectivity index (χ3n) is 2.82. The highest BCUT2D eigenvalue weighted by atomic mass is 16.5. The van der Waals surface area contributed by atoms with Gasteiger partial charge in [0.2, 0.25) is 0 Å². The largest absolute Gasteiger partial charge is 0.493 e. The van der Waals surface area contributed by atoms with Crippen molar-refractivity contribution in [1.29, 1.82) is 0 Å². The molecule has 0 aliphatic carbocycles. The Morgan fingerprint density at radius 3 is 2.44 bits per heavy atom. The van der Waals surface area contributed by atoms with E-state index in [9.17, 15) is 0 Å². The molecule has 0 aliphatic rings. The minimum absolute atomic E-state index is 0.661. The molecule has 0 heterocycles. The predicted molar refractivity (Wildman–Crippen MR) is 69.1 cm³/mol. The monoisotopic (exact) mass is 221 g/mol. The fraction of sp³-hybridized carbons (Fsp3) is 0.571. The van der Waals surface area contributed by atoms with Gasteiger partial charge in [-0.15, -0.1) is 0 Å². The van der Waals surface area contributed by atoms with E-state index in [1.807, 2.05) is 7.05 Å². The molecule has 0 amide bonds. The van der Waals surface area contributed by atoms with Gasteiger partial charge in [-0.3, -0.25) is 0 Å². The van der Waals surface area contributed by atoms with E-state index >= 15 is 0 Å². The fourth-order valence-electron chi connectivity index (χ4n) is 1.84. The Bertz CT molecular complexity index is 302. The van der Waals surface area contributed by atoms with E-state index in [0.717, 1.165) is 25.3 Å². The lowest BCUT2D eigenvalue weighted by molar-refractivity contribution is 0.279. The number of rotatable bonds is 6. The third-order valence-corrected chi connectivity index (χ3v) is 2.82. The van der Waals surface area contributed by atoms with Crippen molar-refractivity contribution in [1.82, 2.24) is 5.32 Å². The van der Waals surface area contributed by atoms with Crippen LogP contribution >= 0.6 is 0 Å². The third kappa shape index (κ3) is 3.86. The number of hydrogen-bond acceptors (Lipinski definition) is 2. The summed E-state index contributed by atoms with van der Waals surface area (Å²) in [6.45, 7) is 8.29. The van der Waals surface area contributed by atoms with Crippen LogP contribution in [0, 0.1) is 19.8 Å². The molecule has 0 radical (unpaired) electrons. The van der Waals surface area contributed by atoms with Crippen molar-refractivity contribution in [3.63, 3.8) is 0 Å². The first-order chi connectivity index (χ1) is 7.65. The second kappa shape index (κ2) is 6.54. The number of aryl methyl sites for hydroxylation is 2. The Labute approximate surface area is 99.0 Å². The van der Waals surface area contributed by atoms with Crippen LogP contribution in [0.2, 0.25) is 0 Å². The summed E-state index contributed by atoms with van der Waals surface area (Å²) in [5, 5.41) is 3.18. The molecule has 16 heavy (non-hydrogen) atoms. The summed E-state index contributed by atoms with van der Waals surface area (Å²) in [6.07, 6.45) is 1.09. The van der Waals surface area contributed by atoms with Gasteiger partial charge in [-0.05, 0) is 50.9 Å². The van der Waals surface area contributed by atoms with Crippen LogP contribution in [0.1, 0.15) is 24.5 Å². The topological polar surface area (TPSA) is 21.3 Å². The molecule has 2 nitrogen and oxygen atoms in total. The Kier molecular flexibility index (Phi) is 5.33.